The molecule has 1 heterocycles. The Hall–Kier alpha value is -3.11. The fourth-order valence-corrected chi connectivity index (χ4v) is 3.97. The Morgan fingerprint density at radius 1 is 0.935 bits per heavy atom. The summed E-state index contributed by atoms with van der Waals surface area (Å²) in [6.45, 7) is 8.91. The molecule has 0 amide bonds. The molecule has 1 aromatic heterocycles. The number of aromatic nitrogens is 2. The average Bonchev–Trinajstić information content (AvgIpc) is 3.16. The molecule has 4 aromatic rings. The number of fused-ring (bicyclic) bond motifs is 1. The summed E-state index contributed by atoms with van der Waals surface area (Å²) in [6.07, 6.45) is 0.942. The first-order valence-electron chi connectivity index (χ1n) is 11.1. The van der Waals surface area contributed by atoms with Crippen molar-refractivity contribution in [2.75, 3.05) is 0 Å². The third-order valence-electron chi connectivity index (χ3n) is 5.74. The lowest BCUT2D eigenvalue weighted by molar-refractivity contribution is 0.297. The third-order valence-corrected chi connectivity index (χ3v) is 5.74. The molecule has 1 atom stereocenters. The maximum absolute atomic E-state index is 6.22. The highest BCUT2D eigenvalue weighted by Gasteiger charge is 2.15. The number of nitrogens with zero attached hydrogens (tertiary/aromatic N) is 2. The van der Waals surface area contributed by atoms with Crippen molar-refractivity contribution >= 4 is 10.9 Å². The Balaban J connectivity index is 1.74. The van der Waals surface area contributed by atoms with Crippen LogP contribution in [-0.4, -0.2) is 9.78 Å². The SMILES string of the molecule is CCc1ccccc1OCc1nn(C(C)C)c2ccc(-c3cccc(C(C)N)c3)cc12. The molecule has 4 heteroatoms. The van der Waals surface area contributed by atoms with Gasteiger partial charge in [-0.1, -0.05) is 49.4 Å². The number of hydrogen-bond acceptors (Lipinski definition) is 3. The quantitative estimate of drug-likeness (QED) is 0.379. The van der Waals surface area contributed by atoms with Gasteiger partial charge in [-0.25, -0.2) is 0 Å². The van der Waals surface area contributed by atoms with Crippen molar-refractivity contribution in [3.05, 3.63) is 83.6 Å². The van der Waals surface area contributed by atoms with Crippen molar-refractivity contribution in [1.29, 1.82) is 0 Å². The Morgan fingerprint density at radius 2 is 1.71 bits per heavy atom. The van der Waals surface area contributed by atoms with Crippen LogP contribution in [0.3, 0.4) is 0 Å². The van der Waals surface area contributed by atoms with Gasteiger partial charge in [-0.3, -0.25) is 4.68 Å². The molecule has 0 aliphatic rings. The van der Waals surface area contributed by atoms with E-state index >= 15 is 0 Å². The highest BCUT2D eigenvalue weighted by atomic mass is 16.5. The zero-order valence-corrected chi connectivity index (χ0v) is 18.8. The monoisotopic (exact) mass is 413 g/mol. The molecule has 1 unspecified atom stereocenters. The van der Waals surface area contributed by atoms with Crippen LogP contribution in [0.5, 0.6) is 5.75 Å². The molecule has 0 spiro atoms. The summed E-state index contributed by atoms with van der Waals surface area (Å²) in [5.74, 6) is 0.929. The Kier molecular flexibility index (Phi) is 6.10. The lowest BCUT2D eigenvalue weighted by atomic mass is 9.99. The minimum absolute atomic E-state index is 0.00923. The average molecular weight is 414 g/mol. The predicted octanol–water partition coefficient (Wildman–Crippen LogP) is 6.45. The zero-order valence-electron chi connectivity index (χ0n) is 18.8. The van der Waals surface area contributed by atoms with Gasteiger partial charge in [0.1, 0.15) is 18.1 Å². The van der Waals surface area contributed by atoms with Gasteiger partial charge in [0.05, 0.1) is 5.52 Å². The normalized spacial score (nSPS) is 12.5. The molecule has 0 bridgehead atoms. The summed E-state index contributed by atoms with van der Waals surface area (Å²) in [4.78, 5) is 0. The number of nitrogens with two attached hydrogens (primary N) is 1. The minimum atomic E-state index is 0.00923. The summed E-state index contributed by atoms with van der Waals surface area (Å²) in [7, 11) is 0. The molecule has 4 rings (SSSR count). The van der Waals surface area contributed by atoms with Gasteiger partial charge in [0.25, 0.3) is 0 Å². The van der Waals surface area contributed by atoms with Gasteiger partial charge < -0.3 is 10.5 Å². The molecular weight excluding hydrogens is 382 g/mol. The fraction of sp³-hybridized carbons (Fsp3) is 0.296. The molecule has 0 aliphatic heterocycles. The smallest absolute Gasteiger partial charge is 0.133 e. The van der Waals surface area contributed by atoms with Crippen LogP contribution in [0, 0.1) is 0 Å². The largest absolute Gasteiger partial charge is 0.487 e. The summed E-state index contributed by atoms with van der Waals surface area (Å²) < 4.78 is 8.30. The second-order valence-corrected chi connectivity index (χ2v) is 8.38. The molecule has 0 radical (unpaired) electrons. The van der Waals surface area contributed by atoms with E-state index in [4.69, 9.17) is 15.6 Å². The number of aryl methyl sites for hydroxylation is 1. The number of hydrogen-bond donors (Lipinski definition) is 1. The molecule has 3 aromatic carbocycles. The Morgan fingerprint density at radius 3 is 2.45 bits per heavy atom. The van der Waals surface area contributed by atoms with E-state index in [9.17, 15) is 0 Å². The maximum atomic E-state index is 6.22. The summed E-state index contributed by atoms with van der Waals surface area (Å²) in [6, 6.07) is 23.5. The maximum Gasteiger partial charge on any atom is 0.133 e. The van der Waals surface area contributed by atoms with Gasteiger partial charge in [-0.2, -0.15) is 5.10 Å². The van der Waals surface area contributed by atoms with Gasteiger partial charge in [0, 0.05) is 17.5 Å². The Labute approximate surface area is 184 Å². The van der Waals surface area contributed by atoms with E-state index in [0.717, 1.165) is 45.5 Å². The minimum Gasteiger partial charge on any atom is -0.487 e. The van der Waals surface area contributed by atoms with Crippen molar-refractivity contribution in [2.45, 2.75) is 52.8 Å². The lowest BCUT2D eigenvalue weighted by Gasteiger charge is -2.10. The molecule has 4 nitrogen and oxygen atoms in total. The van der Waals surface area contributed by atoms with E-state index in [1.165, 1.54) is 5.56 Å². The Bertz CT molecular complexity index is 1190. The second-order valence-electron chi connectivity index (χ2n) is 8.38. The van der Waals surface area contributed by atoms with E-state index in [0.29, 0.717) is 6.61 Å². The highest BCUT2D eigenvalue weighted by Crippen LogP contribution is 2.30. The summed E-state index contributed by atoms with van der Waals surface area (Å²) in [5, 5.41) is 6.04. The van der Waals surface area contributed by atoms with Crippen molar-refractivity contribution in [1.82, 2.24) is 9.78 Å². The van der Waals surface area contributed by atoms with Gasteiger partial charge in [-0.15, -0.1) is 0 Å². The number of benzene rings is 3. The van der Waals surface area contributed by atoms with Crippen molar-refractivity contribution < 1.29 is 4.74 Å². The van der Waals surface area contributed by atoms with Crippen LogP contribution >= 0.6 is 0 Å². The second kappa shape index (κ2) is 8.94. The van der Waals surface area contributed by atoms with Crippen molar-refractivity contribution in [2.24, 2.45) is 5.73 Å². The van der Waals surface area contributed by atoms with Crippen LogP contribution in [-0.2, 0) is 13.0 Å². The molecule has 0 saturated heterocycles. The third kappa shape index (κ3) is 4.35. The topological polar surface area (TPSA) is 53.1 Å². The lowest BCUT2D eigenvalue weighted by Crippen LogP contribution is -2.04. The molecule has 0 aliphatic carbocycles. The van der Waals surface area contributed by atoms with Gasteiger partial charge in [0.2, 0.25) is 0 Å². The first-order chi connectivity index (χ1) is 15.0. The highest BCUT2D eigenvalue weighted by molar-refractivity contribution is 5.87. The van der Waals surface area contributed by atoms with Crippen molar-refractivity contribution in [3.8, 4) is 16.9 Å². The molecule has 31 heavy (non-hydrogen) atoms. The first-order valence-corrected chi connectivity index (χ1v) is 11.1. The summed E-state index contributed by atoms with van der Waals surface area (Å²) >= 11 is 0. The first kappa shape index (κ1) is 21.1. The summed E-state index contributed by atoms with van der Waals surface area (Å²) in [5.41, 5.74) is 12.9. The van der Waals surface area contributed by atoms with E-state index in [-0.39, 0.29) is 12.1 Å². The van der Waals surface area contributed by atoms with Crippen LogP contribution in [0.25, 0.3) is 22.0 Å². The van der Waals surface area contributed by atoms with E-state index in [2.05, 4.69) is 80.1 Å². The fourth-order valence-electron chi connectivity index (χ4n) is 3.97. The standard InChI is InChI=1S/C27H31N3O/c1-5-20-9-6-7-12-27(20)31-17-25-24-16-23(13-14-26(24)30(29-25)18(2)3)22-11-8-10-21(15-22)19(4)28/h6-16,18-19H,5,17,28H2,1-4H3. The van der Waals surface area contributed by atoms with Gasteiger partial charge in [-0.05, 0) is 73.7 Å². The number of rotatable bonds is 7. The van der Waals surface area contributed by atoms with Crippen LogP contribution < -0.4 is 10.5 Å². The number of para-hydroxylation sites is 1. The van der Waals surface area contributed by atoms with E-state index in [1.54, 1.807) is 0 Å². The van der Waals surface area contributed by atoms with Crippen LogP contribution in [0.4, 0.5) is 0 Å². The predicted molar refractivity (Wildman–Crippen MR) is 128 cm³/mol. The van der Waals surface area contributed by atoms with Gasteiger partial charge in [0.15, 0.2) is 0 Å². The van der Waals surface area contributed by atoms with Crippen LogP contribution in [0.1, 0.15) is 56.6 Å². The van der Waals surface area contributed by atoms with Crippen LogP contribution in [0.15, 0.2) is 66.7 Å². The molecule has 2 N–H and O–H groups in total. The number of ether oxygens (including phenoxy) is 1. The molecule has 160 valence electrons. The van der Waals surface area contributed by atoms with E-state index in [1.807, 2.05) is 19.1 Å². The van der Waals surface area contributed by atoms with Gasteiger partial charge >= 0.3 is 0 Å². The molecule has 0 saturated carbocycles. The zero-order chi connectivity index (χ0) is 22.0. The van der Waals surface area contributed by atoms with Crippen LogP contribution in [0.2, 0.25) is 0 Å². The molecule has 0 fully saturated rings. The molecular formula is C27H31N3O. The van der Waals surface area contributed by atoms with Crippen molar-refractivity contribution in [3.63, 3.8) is 0 Å². The van der Waals surface area contributed by atoms with E-state index < -0.39 is 0 Å².